The number of carbonyl (C=O) groups is 3. The Morgan fingerprint density at radius 2 is 1.95 bits per heavy atom. The van der Waals surface area contributed by atoms with E-state index in [9.17, 15) is 14.4 Å². The molecular formula is C26H26BrIN4O7S. The zero-order valence-electron chi connectivity index (χ0n) is 21.7. The maximum Gasteiger partial charge on any atom is 0.343 e. The second kappa shape index (κ2) is 14.9. The van der Waals surface area contributed by atoms with E-state index in [0.29, 0.717) is 43.5 Å². The molecule has 1 atom stereocenters. The van der Waals surface area contributed by atoms with Crippen molar-refractivity contribution in [2.75, 3.05) is 26.9 Å². The van der Waals surface area contributed by atoms with E-state index in [1.807, 2.05) is 0 Å². The number of nitrogens with one attached hydrogen (secondary N) is 3. The second-order valence-electron chi connectivity index (χ2n) is 8.09. The highest BCUT2D eigenvalue weighted by Gasteiger charge is 2.32. The van der Waals surface area contributed by atoms with Crippen LogP contribution >= 0.6 is 50.7 Å². The number of hydrazone groups is 1. The minimum absolute atomic E-state index is 0.217. The lowest BCUT2D eigenvalue weighted by Gasteiger charge is -2.30. The number of allylic oxidation sites excluding steroid dienone is 1. The Balaban J connectivity index is 1.66. The number of ether oxygens (including phenoxy) is 4. The van der Waals surface area contributed by atoms with Crippen molar-refractivity contribution in [1.29, 1.82) is 0 Å². The van der Waals surface area contributed by atoms with Crippen molar-refractivity contribution in [2.45, 2.75) is 19.9 Å². The fraction of sp³-hybridized carbons (Fsp3) is 0.269. The minimum atomic E-state index is -0.634. The van der Waals surface area contributed by atoms with Crippen LogP contribution in [0.4, 0.5) is 0 Å². The zero-order chi connectivity index (χ0) is 29.2. The largest absolute Gasteiger partial charge is 0.483 e. The molecule has 0 spiro atoms. The topological polar surface area (TPSA) is 137 Å². The van der Waals surface area contributed by atoms with Crippen LogP contribution in [0.3, 0.4) is 0 Å². The number of halogens is 2. The molecule has 2 aromatic rings. The lowest BCUT2D eigenvalue weighted by Crippen LogP contribution is -2.45. The molecule has 11 nitrogen and oxygen atoms in total. The summed E-state index contributed by atoms with van der Waals surface area (Å²) in [6.45, 7) is 3.13. The highest BCUT2D eigenvalue weighted by Crippen LogP contribution is 2.34. The third-order valence-electron chi connectivity index (χ3n) is 5.34. The highest BCUT2D eigenvalue weighted by atomic mass is 127. The van der Waals surface area contributed by atoms with Gasteiger partial charge in [-0.1, -0.05) is 18.2 Å². The summed E-state index contributed by atoms with van der Waals surface area (Å²) in [6, 6.07) is 9.89. The summed E-state index contributed by atoms with van der Waals surface area (Å²) in [5, 5.41) is 10.4. The lowest BCUT2D eigenvalue weighted by atomic mass is 9.95. The van der Waals surface area contributed by atoms with Gasteiger partial charge in [-0.05, 0) is 88.3 Å². The van der Waals surface area contributed by atoms with Gasteiger partial charge in [-0.3, -0.25) is 4.79 Å². The van der Waals surface area contributed by atoms with Crippen molar-refractivity contribution in [3.8, 4) is 11.5 Å². The molecule has 0 bridgehead atoms. The van der Waals surface area contributed by atoms with Gasteiger partial charge in [0.25, 0.3) is 5.91 Å². The van der Waals surface area contributed by atoms with E-state index in [1.54, 1.807) is 50.2 Å². The summed E-state index contributed by atoms with van der Waals surface area (Å²) in [7, 11) is 1.28. The molecule has 1 aliphatic rings. The standard InChI is InChI=1S/C26H26BrIN4O7S/c1-4-37-25(35)22-14(2)30-26(40)31-23(22)16-7-5-6-8-19(16)38-12-20(33)32-29-11-15-9-17(27)24(18(28)10-15)39-13-21(34)36-3/h5-11,23H,4,12-13H2,1-3H3,(H,32,33)(H2,30,31,40)/t23-/m0/s1. The Kier molecular flexibility index (Phi) is 11.7. The fourth-order valence-corrected chi connectivity index (χ4v) is 5.63. The van der Waals surface area contributed by atoms with Gasteiger partial charge >= 0.3 is 11.9 Å². The first-order valence-electron chi connectivity index (χ1n) is 11.8. The molecule has 3 N–H and O–H groups in total. The van der Waals surface area contributed by atoms with Crippen molar-refractivity contribution in [1.82, 2.24) is 16.1 Å². The first kappa shape index (κ1) is 31.3. The summed E-state index contributed by atoms with van der Waals surface area (Å²) in [5.41, 5.74) is 4.64. The van der Waals surface area contributed by atoms with Crippen molar-refractivity contribution >= 4 is 79.9 Å². The average molecular weight is 745 g/mol. The van der Waals surface area contributed by atoms with Gasteiger partial charge in [-0.15, -0.1) is 0 Å². The van der Waals surface area contributed by atoms with E-state index in [2.05, 4.69) is 64.4 Å². The number of carbonyl (C=O) groups excluding carboxylic acids is 3. The molecule has 2 aromatic carbocycles. The molecule has 0 fully saturated rings. The van der Waals surface area contributed by atoms with Gasteiger partial charge in [0.15, 0.2) is 18.3 Å². The summed E-state index contributed by atoms with van der Waals surface area (Å²) >= 11 is 10.8. The smallest absolute Gasteiger partial charge is 0.343 e. The Morgan fingerprint density at radius 1 is 1.20 bits per heavy atom. The van der Waals surface area contributed by atoms with E-state index in [0.717, 1.165) is 3.57 Å². The summed E-state index contributed by atoms with van der Waals surface area (Å²) in [6.07, 6.45) is 1.46. The second-order valence-corrected chi connectivity index (χ2v) is 10.5. The maximum absolute atomic E-state index is 12.7. The predicted molar refractivity (Wildman–Crippen MR) is 163 cm³/mol. The van der Waals surface area contributed by atoms with Crippen LogP contribution in [0.25, 0.3) is 0 Å². The summed E-state index contributed by atoms with van der Waals surface area (Å²) in [4.78, 5) is 36.5. The van der Waals surface area contributed by atoms with Crippen LogP contribution < -0.4 is 25.5 Å². The molecule has 1 amide bonds. The SMILES string of the molecule is CCOC(=O)C1=C(C)NC(=S)N[C@H]1c1ccccc1OCC(=O)NN=Cc1cc(Br)c(OCC(=O)OC)c(I)c1. The Hall–Kier alpha value is -3.24. The minimum Gasteiger partial charge on any atom is -0.483 e. The van der Waals surface area contributed by atoms with Crippen LogP contribution in [0, 0.1) is 3.57 Å². The monoisotopic (exact) mass is 744 g/mol. The predicted octanol–water partition coefficient (Wildman–Crippen LogP) is 3.49. The van der Waals surface area contributed by atoms with E-state index in [4.69, 9.17) is 26.4 Å². The molecule has 0 aromatic heterocycles. The Morgan fingerprint density at radius 3 is 2.65 bits per heavy atom. The van der Waals surface area contributed by atoms with E-state index >= 15 is 0 Å². The number of thiocarbonyl (C=S) groups is 1. The Bertz CT molecular complexity index is 1350. The van der Waals surface area contributed by atoms with Gasteiger partial charge in [-0.2, -0.15) is 5.10 Å². The van der Waals surface area contributed by atoms with E-state index < -0.39 is 23.9 Å². The van der Waals surface area contributed by atoms with Crippen molar-refractivity contribution in [3.05, 3.63) is 66.8 Å². The highest BCUT2D eigenvalue weighted by molar-refractivity contribution is 14.1. The molecule has 212 valence electrons. The number of hydrogen-bond donors (Lipinski definition) is 3. The van der Waals surface area contributed by atoms with Crippen LogP contribution in [0.5, 0.6) is 11.5 Å². The molecule has 0 unspecified atom stereocenters. The first-order chi connectivity index (χ1) is 19.1. The molecular weight excluding hydrogens is 719 g/mol. The molecule has 0 radical (unpaired) electrons. The van der Waals surface area contributed by atoms with Gasteiger partial charge in [0.2, 0.25) is 0 Å². The quantitative estimate of drug-likeness (QED) is 0.103. The van der Waals surface area contributed by atoms with Gasteiger partial charge in [0.05, 0.1) is 39.6 Å². The fourth-order valence-electron chi connectivity index (χ4n) is 3.59. The van der Waals surface area contributed by atoms with Gasteiger partial charge in [0, 0.05) is 11.3 Å². The third-order valence-corrected chi connectivity index (χ3v) is 6.95. The number of esters is 2. The lowest BCUT2D eigenvalue weighted by molar-refractivity contribution is -0.143. The maximum atomic E-state index is 12.7. The number of amides is 1. The average Bonchev–Trinajstić information content (AvgIpc) is 2.91. The number of rotatable bonds is 11. The van der Waals surface area contributed by atoms with Crippen LogP contribution in [-0.4, -0.2) is 56.1 Å². The van der Waals surface area contributed by atoms with Crippen molar-refractivity contribution in [2.24, 2.45) is 5.10 Å². The number of para-hydroxylation sites is 1. The van der Waals surface area contributed by atoms with Crippen LogP contribution in [0.1, 0.15) is 31.0 Å². The number of nitrogens with zero attached hydrogens (tertiary/aromatic N) is 1. The van der Waals surface area contributed by atoms with E-state index in [-0.39, 0.29) is 19.8 Å². The normalized spacial score (nSPS) is 14.7. The molecule has 1 heterocycles. The molecule has 0 aliphatic carbocycles. The van der Waals surface area contributed by atoms with Crippen molar-refractivity contribution < 1.29 is 33.3 Å². The number of benzene rings is 2. The molecule has 3 rings (SSSR count). The third kappa shape index (κ3) is 8.38. The molecule has 0 saturated heterocycles. The number of methoxy groups -OCH3 is 1. The molecule has 14 heteroatoms. The first-order valence-corrected chi connectivity index (χ1v) is 14.1. The molecule has 40 heavy (non-hydrogen) atoms. The van der Waals surface area contributed by atoms with Crippen molar-refractivity contribution in [3.63, 3.8) is 0 Å². The molecule has 0 saturated carbocycles. The van der Waals surface area contributed by atoms with Crippen LogP contribution in [0.2, 0.25) is 0 Å². The van der Waals surface area contributed by atoms with Gasteiger partial charge in [-0.25, -0.2) is 15.0 Å². The molecule has 1 aliphatic heterocycles. The summed E-state index contributed by atoms with van der Waals surface area (Å²) < 4.78 is 22.4. The zero-order valence-corrected chi connectivity index (χ0v) is 26.3. The van der Waals surface area contributed by atoms with Gasteiger partial charge in [0.1, 0.15) is 11.5 Å². The number of hydrogen-bond acceptors (Lipinski definition) is 9. The van der Waals surface area contributed by atoms with E-state index in [1.165, 1.54) is 13.3 Å². The van der Waals surface area contributed by atoms with Gasteiger partial charge < -0.3 is 29.6 Å². The van der Waals surface area contributed by atoms with Crippen LogP contribution in [-0.2, 0) is 23.9 Å². The Labute approximate surface area is 258 Å². The summed E-state index contributed by atoms with van der Waals surface area (Å²) in [5.74, 6) is -0.607. The van der Waals surface area contributed by atoms with Crippen LogP contribution in [0.15, 0.2) is 57.2 Å².